The molecule has 1 atom stereocenters. The molecule has 4 nitrogen and oxygen atoms in total. The largest absolute Gasteiger partial charge is 0.283 e. The molecule has 0 aliphatic carbocycles. The van der Waals surface area contributed by atoms with Crippen LogP contribution in [-0.2, 0) is 4.79 Å². The molecule has 0 aromatic carbocycles. The second-order valence-electron chi connectivity index (χ2n) is 2.12. The fraction of sp³-hybridized carbons (Fsp3) is 0. The Labute approximate surface area is 72.4 Å². The molecule has 1 heterocycles. The van der Waals surface area contributed by atoms with E-state index in [0.29, 0.717) is 0 Å². The van der Waals surface area contributed by atoms with E-state index in [1.54, 1.807) is 0 Å². The molecule has 1 rings (SSSR count). The SMILES string of the molecule is C=C/C=C1\C(=N)N=CN(P)C1=O. The maximum absolute atomic E-state index is 11.3. The Bertz CT molecular complexity index is 306. The van der Waals surface area contributed by atoms with Gasteiger partial charge in [-0.3, -0.25) is 14.9 Å². The first-order chi connectivity index (χ1) is 5.66. The third-order valence-corrected chi connectivity index (χ3v) is 1.68. The summed E-state index contributed by atoms with van der Waals surface area (Å²) in [6.45, 7) is 3.45. The molecule has 0 saturated heterocycles. The maximum atomic E-state index is 11.3. The zero-order chi connectivity index (χ0) is 9.14. The van der Waals surface area contributed by atoms with Gasteiger partial charge in [-0.05, 0) is 15.5 Å². The fourth-order valence-corrected chi connectivity index (χ4v) is 0.956. The Kier molecular flexibility index (Phi) is 2.51. The maximum Gasteiger partial charge on any atom is 0.265 e. The highest BCUT2D eigenvalue weighted by atomic mass is 31.0. The predicted octanol–water partition coefficient (Wildman–Crippen LogP) is 0.737. The van der Waals surface area contributed by atoms with Crippen molar-refractivity contribution in [2.45, 2.75) is 0 Å². The van der Waals surface area contributed by atoms with Crippen LogP contribution in [0.15, 0.2) is 29.3 Å². The lowest BCUT2D eigenvalue weighted by molar-refractivity contribution is -0.119. The first kappa shape index (κ1) is 8.81. The van der Waals surface area contributed by atoms with Crippen LogP contribution in [0.1, 0.15) is 0 Å². The second-order valence-corrected chi connectivity index (χ2v) is 2.68. The molecule has 1 aliphatic rings. The van der Waals surface area contributed by atoms with Gasteiger partial charge in [0.2, 0.25) is 0 Å². The molecule has 62 valence electrons. The van der Waals surface area contributed by atoms with E-state index < -0.39 is 0 Å². The third kappa shape index (κ3) is 1.48. The van der Waals surface area contributed by atoms with Crippen LogP contribution in [-0.4, -0.2) is 22.8 Å². The smallest absolute Gasteiger partial charge is 0.265 e. The standard InChI is InChI=1S/C7H8N3OP/c1-2-3-5-6(8)9-4-10(12)7(5)11/h2-4,8H,1,12H2/b5-3+,8-6?. The van der Waals surface area contributed by atoms with E-state index in [-0.39, 0.29) is 17.3 Å². The number of hydrogen-bond donors (Lipinski definition) is 1. The van der Waals surface area contributed by atoms with E-state index >= 15 is 0 Å². The van der Waals surface area contributed by atoms with Gasteiger partial charge in [0, 0.05) is 0 Å². The number of rotatable bonds is 1. The zero-order valence-corrected chi connectivity index (χ0v) is 7.47. The van der Waals surface area contributed by atoms with Crippen LogP contribution in [0.3, 0.4) is 0 Å². The van der Waals surface area contributed by atoms with Gasteiger partial charge in [-0.25, -0.2) is 4.99 Å². The van der Waals surface area contributed by atoms with Gasteiger partial charge in [0.15, 0.2) is 5.84 Å². The zero-order valence-electron chi connectivity index (χ0n) is 6.32. The lowest BCUT2D eigenvalue weighted by Gasteiger charge is -2.16. The summed E-state index contributed by atoms with van der Waals surface area (Å²) in [7, 11) is 2.20. The van der Waals surface area contributed by atoms with Crippen molar-refractivity contribution >= 4 is 27.5 Å². The van der Waals surface area contributed by atoms with Crippen molar-refractivity contribution in [3.05, 3.63) is 24.3 Å². The number of hydrogen-bond acceptors (Lipinski definition) is 2. The van der Waals surface area contributed by atoms with E-state index in [2.05, 4.69) is 21.0 Å². The van der Waals surface area contributed by atoms with Crippen LogP contribution in [0.4, 0.5) is 0 Å². The number of allylic oxidation sites excluding steroid dienone is 2. The van der Waals surface area contributed by atoms with Crippen molar-refractivity contribution in [2.24, 2.45) is 4.99 Å². The Balaban J connectivity index is 3.08. The molecule has 0 fully saturated rings. The summed E-state index contributed by atoms with van der Waals surface area (Å²) in [6.07, 6.45) is 4.22. The monoisotopic (exact) mass is 181 g/mol. The average Bonchev–Trinajstić information content (AvgIpc) is 2.06. The lowest BCUT2D eigenvalue weighted by atomic mass is 10.2. The van der Waals surface area contributed by atoms with Crippen molar-refractivity contribution in [2.75, 3.05) is 0 Å². The number of carbonyl (C=O) groups is 1. The molecule has 1 unspecified atom stereocenters. The van der Waals surface area contributed by atoms with Crippen LogP contribution in [0, 0.1) is 5.41 Å². The molecule has 0 spiro atoms. The number of amides is 1. The van der Waals surface area contributed by atoms with E-state index in [0.717, 1.165) is 0 Å². The van der Waals surface area contributed by atoms with Crippen molar-refractivity contribution < 1.29 is 4.79 Å². The minimum absolute atomic E-state index is 0.0291. The molecule has 12 heavy (non-hydrogen) atoms. The summed E-state index contributed by atoms with van der Waals surface area (Å²) in [5, 5.41) is 7.30. The molecule has 0 radical (unpaired) electrons. The van der Waals surface area contributed by atoms with E-state index in [1.165, 1.54) is 23.2 Å². The molecule has 1 N–H and O–H groups in total. The molecular formula is C7H8N3OP. The quantitative estimate of drug-likeness (QED) is 0.470. The van der Waals surface area contributed by atoms with Gasteiger partial charge in [-0.2, -0.15) is 0 Å². The summed E-state index contributed by atoms with van der Waals surface area (Å²) >= 11 is 0. The summed E-state index contributed by atoms with van der Waals surface area (Å²) in [6, 6.07) is 0. The molecule has 0 bridgehead atoms. The van der Waals surface area contributed by atoms with Crippen LogP contribution >= 0.6 is 9.39 Å². The predicted molar refractivity (Wildman–Crippen MR) is 51.1 cm³/mol. The first-order valence-corrected chi connectivity index (χ1v) is 3.72. The number of nitrogens with one attached hydrogen (secondary N) is 1. The summed E-state index contributed by atoms with van der Waals surface area (Å²) in [4.78, 5) is 15.0. The van der Waals surface area contributed by atoms with Gasteiger partial charge < -0.3 is 0 Å². The van der Waals surface area contributed by atoms with Crippen LogP contribution in [0.5, 0.6) is 0 Å². The van der Waals surface area contributed by atoms with Crippen LogP contribution in [0.25, 0.3) is 0 Å². The van der Waals surface area contributed by atoms with E-state index in [1.807, 2.05) is 0 Å². The topological polar surface area (TPSA) is 56.5 Å². The lowest BCUT2D eigenvalue weighted by Crippen LogP contribution is -2.29. The second kappa shape index (κ2) is 3.41. The molecule has 1 aliphatic heterocycles. The van der Waals surface area contributed by atoms with Crippen LogP contribution in [0.2, 0.25) is 0 Å². The Morgan fingerprint density at radius 3 is 3.00 bits per heavy atom. The summed E-state index contributed by atoms with van der Waals surface area (Å²) < 4.78 is 1.24. The summed E-state index contributed by atoms with van der Waals surface area (Å²) in [5.41, 5.74) is 0.252. The Morgan fingerprint density at radius 1 is 1.75 bits per heavy atom. The number of carbonyl (C=O) groups excluding carboxylic acids is 1. The van der Waals surface area contributed by atoms with Crippen molar-refractivity contribution in [1.29, 1.82) is 5.41 Å². The van der Waals surface area contributed by atoms with E-state index in [4.69, 9.17) is 5.41 Å². The molecule has 0 saturated carbocycles. The van der Waals surface area contributed by atoms with Gasteiger partial charge in [0.05, 0.1) is 5.57 Å². The van der Waals surface area contributed by atoms with Crippen molar-refractivity contribution in [1.82, 2.24) is 4.67 Å². The third-order valence-electron chi connectivity index (χ3n) is 1.32. The van der Waals surface area contributed by atoms with Gasteiger partial charge in [0.25, 0.3) is 5.91 Å². The van der Waals surface area contributed by atoms with Crippen molar-refractivity contribution in [3.8, 4) is 0 Å². The minimum Gasteiger partial charge on any atom is -0.283 e. The van der Waals surface area contributed by atoms with Gasteiger partial charge in [-0.1, -0.05) is 12.7 Å². The minimum atomic E-state index is -0.264. The fourth-order valence-electron chi connectivity index (χ4n) is 0.750. The number of aliphatic imine (C=N–C) groups is 1. The van der Waals surface area contributed by atoms with E-state index in [9.17, 15) is 4.79 Å². The molecule has 0 aromatic heterocycles. The molecular weight excluding hydrogens is 173 g/mol. The highest BCUT2D eigenvalue weighted by Crippen LogP contribution is 2.12. The van der Waals surface area contributed by atoms with Crippen molar-refractivity contribution in [3.63, 3.8) is 0 Å². The Morgan fingerprint density at radius 2 is 2.42 bits per heavy atom. The molecule has 5 heteroatoms. The highest BCUT2D eigenvalue weighted by molar-refractivity contribution is 7.16. The Hall–Kier alpha value is -1.28. The van der Waals surface area contributed by atoms with Crippen LogP contribution < -0.4 is 0 Å². The van der Waals surface area contributed by atoms with Gasteiger partial charge in [-0.15, -0.1) is 0 Å². The highest BCUT2D eigenvalue weighted by Gasteiger charge is 2.20. The summed E-state index contributed by atoms with van der Waals surface area (Å²) in [5.74, 6) is -0.293. The number of nitrogens with zero attached hydrogens (tertiary/aromatic N) is 2. The molecule has 0 aromatic rings. The first-order valence-electron chi connectivity index (χ1n) is 3.21. The number of amidine groups is 1. The van der Waals surface area contributed by atoms with Gasteiger partial charge in [0.1, 0.15) is 6.34 Å². The molecule has 1 amide bonds. The normalized spacial score (nSPS) is 20.4. The average molecular weight is 181 g/mol. The van der Waals surface area contributed by atoms with Gasteiger partial charge >= 0.3 is 0 Å².